The normalized spacial score (nSPS) is 18.9. The first-order valence-corrected chi connectivity index (χ1v) is 8.80. The Labute approximate surface area is 123 Å². The van der Waals surface area contributed by atoms with Crippen molar-refractivity contribution in [1.29, 1.82) is 0 Å². The fraction of sp³-hybridized carbons (Fsp3) is 0.667. The summed E-state index contributed by atoms with van der Waals surface area (Å²) in [5, 5.41) is 0. The van der Waals surface area contributed by atoms with Crippen LogP contribution in [0.1, 0.15) is 76.8 Å². The highest BCUT2D eigenvalue weighted by atomic mass is 32.2. The van der Waals surface area contributed by atoms with Crippen molar-refractivity contribution in [2.45, 2.75) is 76.0 Å². The number of unbranched alkanes of at least 4 members (excludes halogenated alkanes) is 2. The van der Waals surface area contributed by atoms with E-state index in [2.05, 4.69) is 57.7 Å². The minimum Gasteiger partial charge on any atom is -0.126 e. The summed E-state index contributed by atoms with van der Waals surface area (Å²) in [5.41, 5.74) is 3.47. The molecule has 1 aromatic carbocycles. The van der Waals surface area contributed by atoms with Crippen LogP contribution in [0.2, 0.25) is 0 Å². The standard InChI is InChI=1S/C18H28S/c1-5-6-7-8-14(2)15-9-10-16-17(13-15)19-12-11-18(16,3)4/h9-10,13-14H,5-8,11-12H2,1-4H3. The monoisotopic (exact) mass is 276 g/mol. The maximum absolute atomic E-state index is 2.47. The maximum Gasteiger partial charge on any atom is 0.0112 e. The lowest BCUT2D eigenvalue weighted by Crippen LogP contribution is -2.22. The molecule has 0 bridgehead atoms. The Morgan fingerprint density at radius 1 is 1.26 bits per heavy atom. The largest absolute Gasteiger partial charge is 0.126 e. The predicted octanol–water partition coefficient (Wildman–Crippen LogP) is 6.14. The Morgan fingerprint density at radius 3 is 2.79 bits per heavy atom. The van der Waals surface area contributed by atoms with Gasteiger partial charge in [0, 0.05) is 4.90 Å². The summed E-state index contributed by atoms with van der Waals surface area (Å²) in [4.78, 5) is 1.54. The average molecular weight is 276 g/mol. The van der Waals surface area contributed by atoms with Gasteiger partial charge in [-0.3, -0.25) is 0 Å². The van der Waals surface area contributed by atoms with Gasteiger partial charge in [0.1, 0.15) is 0 Å². The van der Waals surface area contributed by atoms with Crippen LogP contribution < -0.4 is 0 Å². The van der Waals surface area contributed by atoms with Crippen molar-refractivity contribution in [2.75, 3.05) is 5.75 Å². The molecule has 1 unspecified atom stereocenters. The topological polar surface area (TPSA) is 0 Å². The van der Waals surface area contributed by atoms with Crippen LogP contribution in [-0.2, 0) is 5.41 Å². The van der Waals surface area contributed by atoms with Crippen LogP contribution >= 0.6 is 11.8 Å². The molecule has 2 rings (SSSR count). The van der Waals surface area contributed by atoms with Gasteiger partial charge in [0.2, 0.25) is 0 Å². The first kappa shape index (κ1) is 15.0. The third kappa shape index (κ3) is 3.56. The molecule has 0 aliphatic carbocycles. The van der Waals surface area contributed by atoms with E-state index in [0.717, 1.165) is 0 Å². The van der Waals surface area contributed by atoms with Crippen LogP contribution in [0.25, 0.3) is 0 Å². The third-order valence-corrected chi connectivity index (χ3v) is 5.59. The molecule has 1 aliphatic heterocycles. The molecule has 1 aromatic rings. The molecule has 0 amide bonds. The van der Waals surface area contributed by atoms with Gasteiger partial charge in [0.15, 0.2) is 0 Å². The van der Waals surface area contributed by atoms with Gasteiger partial charge in [-0.15, -0.1) is 11.8 Å². The summed E-state index contributed by atoms with van der Waals surface area (Å²) >= 11 is 2.05. The summed E-state index contributed by atoms with van der Waals surface area (Å²) in [7, 11) is 0. The highest BCUT2D eigenvalue weighted by Gasteiger charge is 2.27. The Bertz CT molecular complexity index is 420. The van der Waals surface area contributed by atoms with E-state index in [1.54, 1.807) is 11.1 Å². The zero-order valence-corrected chi connectivity index (χ0v) is 13.8. The van der Waals surface area contributed by atoms with E-state index in [0.29, 0.717) is 11.3 Å². The molecule has 1 atom stereocenters. The van der Waals surface area contributed by atoms with Gasteiger partial charge in [-0.05, 0) is 47.1 Å². The molecule has 0 saturated carbocycles. The molecule has 106 valence electrons. The van der Waals surface area contributed by atoms with E-state index in [9.17, 15) is 0 Å². The van der Waals surface area contributed by atoms with Crippen molar-refractivity contribution in [3.05, 3.63) is 29.3 Å². The van der Waals surface area contributed by atoms with Crippen LogP contribution in [0.5, 0.6) is 0 Å². The van der Waals surface area contributed by atoms with Crippen LogP contribution in [0.4, 0.5) is 0 Å². The fourth-order valence-corrected chi connectivity index (χ4v) is 4.49. The molecule has 0 radical (unpaired) electrons. The lowest BCUT2D eigenvalue weighted by molar-refractivity contribution is 0.493. The van der Waals surface area contributed by atoms with E-state index in [4.69, 9.17) is 0 Å². The maximum atomic E-state index is 2.47. The molecule has 1 heterocycles. The quantitative estimate of drug-likeness (QED) is 0.582. The fourth-order valence-electron chi connectivity index (χ4n) is 2.94. The first-order valence-electron chi connectivity index (χ1n) is 7.82. The number of fused-ring (bicyclic) bond motifs is 1. The van der Waals surface area contributed by atoms with Gasteiger partial charge < -0.3 is 0 Å². The molecule has 1 heteroatoms. The molecular weight excluding hydrogens is 248 g/mol. The SMILES string of the molecule is CCCCCC(C)c1ccc2c(c1)SCCC2(C)C. The van der Waals surface area contributed by atoms with Crippen LogP contribution in [0.3, 0.4) is 0 Å². The number of hydrogen-bond donors (Lipinski definition) is 0. The third-order valence-electron chi connectivity index (χ3n) is 4.53. The van der Waals surface area contributed by atoms with E-state index in [1.165, 1.54) is 42.8 Å². The lowest BCUT2D eigenvalue weighted by Gasteiger charge is -2.32. The first-order chi connectivity index (χ1) is 9.04. The van der Waals surface area contributed by atoms with E-state index < -0.39 is 0 Å². The second-order valence-corrected chi connectivity index (χ2v) is 7.77. The van der Waals surface area contributed by atoms with Crippen LogP contribution in [0.15, 0.2) is 23.1 Å². The van der Waals surface area contributed by atoms with Gasteiger partial charge >= 0.3 is 0 Å². The Morgan fingerprint density at radius 2 is 2.05 bits per heavy atom. The Balaban J connectivity index is 2.12. The summed E-state index contributed by atoms with van der Waals surface area (Å²) in [6.07, 6.45) is 6.70. The van der Waals surface area contributed by atoms with Gasteiger partial charge in [0.05, 0.1) is 0 Å². The van der Waals surface area contributed by atoms with Crippen molar-refractivity contribution in [3.8, 4) is 0 Å². The molecule has 0 spiro atoms. The number of rotatable bonds is 5. The molecule has 19 heavy (non-hydrogen) atoms. The summed E-state index contributed by atoms with van der Waals surface area (Å²) < 4.78 is 0. The molecule has 0 nitrogen and oxygen atoms in total. The molecule has 0 aromatic heterocycles. The minimum atomic E-state index is 0.366. The van der Waals surface area contributed by atoms with Crippen molar-refractivity contribution < 1.29 is 0 Å². The number of hydrogen-bond acceptors (Lipinski definition) is 1. The zero-order valence-electron chi connectivity index (χ0n) is 13.0. The molecule has 0 saturated heterocycles. The smallest absolute Gasteiger partial charge is 0.0112 e. The Hall–Kier alpha value is -0.430. The summed E-state index contributed by atoms with van der Waals surface area (Å²) in [6, 6.07) is 7.24. The predicted molar refractivity (Wildman–Crippen MR) is 87.4 cm³/mol. The van der Waals surface area contributed by atoms with E-state index >= 15 is 0 Å². The molecule has 0 fully saturated rings. The molecule has 1 aliphatic rings. The van der Waals surface area contributed by atoms with Crippen molar-refractivity contribution in [3.63, 3.8) is 0 Å². The van der Waals surface area contributed by atoms with Gasteiger partial charge in [-0.25, -0.2) is 0 Å². The summed E-state index contributed by atoms with van der Waals surface area (Å²) in [5.74, 6) is 1.98. The van der Waals surface area contributed by atoms with Crippen molar-refractivity contribution in [2.24, 2.45) is 0 Å². The van der Waals surface area contributed by atoms with Crippen LogP contribution in [0, 0.1) is 0 Å². The van der Waals surface area contributed by atoms with Crippen LogP contribution in [-0.4, -0.2) is 5.75 Å². The average Bonchev–Trinajstić information content (AvgIpc) is 2.38. The van der Waals surface area contributed by atoms with E-state index in [1.807, 2.05) is 0 Å². The number of benzene rings is 1. The molecular formula is C18H28S. The second kappa shape index (κ2) is 6.35. The van der Waals surface area contributed by atoms with Gasteiger partial charge in [0.25, 0.3) is 0 Å². The number of thioether (sulfide) groups is 1. The van der Waals surface area contributed by atoms with Gasteiger partial charge in [-0.2, -0.15) is 0 Å². The summed E-state index contributed by atoms with van der Waals surface area (Å²) in [6.45, 7) is 9.43. The Kier molecular flexibility index (Phi) is 5.00. The highest BCUT2D eigenvalue weighted by molar-refractivity contribution is 7.99. The van der Waals surface area contributed by atoms with E-state index in [-0.39, 0.29) is 0 Å². The lowest BCUT2D eigenvalue weighted by atomic mass is 9.80. The van der Waals surface area contributed by atoms with Gasteiger partial charge in [-0.1, -0.05) is 59.1 Å². The van der Waals surface area contributed by atoms with Crippen molar-refractivity contribution in [1.82, 2.24) is 0 Å². The minimum absolute atomic E-state index is 0.366. The molecule has 0 N–H and O–H groups in total. The zero-order chi connectivity index (χ0) is 13.9. The second-order valence-electron chi connectivity index (χ2n) is 6.63. The highest BCUT2D eigenvalue weighted by Crippen LogP contribution is 2.42. The van der Waals surface area contributed by atoms with Crippen molar-refractivity contribution >= 4 is 11.8 Å².